The molecule has 1 aromatic carbocycles. The normalized spacial score (nSPS) is 10.4. The molecule has 0 fully saturated rings. The summed E-state index contributed by atoms with van der Waals surface area (Å²) in [5.41, 5.74) is 5.79. The quantitative estimate of drug-likeness (QED) is 0.377. The van der Waals surface area contributed by atoms with E-state index >= 15 is 0 Å². The zero-order chi connectivity index (χ0) is 18.2. The molecule has 1 aromatic heterocycles. The number of nitrogens with one attached hydrogen (secondary N) is 3. The van der Waals surface area contributed by atoms with Crippen LogP contribution in [0.15, 0.2) is 34.7 Å². The van der Waals surface area contributed by atoms with E-state index in [0.29, 0.717) is 26.5 Å². The van der Waals surface area contributed by atoms with Gasteiger partial charge in [0.1, 0.15) is 5.76 Å². The van der Waals surface area contributed by atoms with Crippen LogP contribution in [0.25, 0.3) is 11.3 Å². The highest BCUT2D eigenvalue weighted by molar-refractivity contribution is 7.80. The number of hydrogen-bond donors (Lipinski definition) is 3. The summed E-state index contributed by atoms with van der Waals surface area (Å²) in [4.78, 5) is 12.1. The molecule has 0 spiro atoms. The van der Waals surface area contributed by atoms with Gasteiger partial charge in [-0.1, -0.05) is 43.0 Å². The van der Waals surface area contributed by atoms with Gasteiger partial charge in [0, 0.05) is 17.1 Å². The van der Waals surface area contributed by atoms with E-state index in [1.165, 1.54) is 0 Å². The Morgan fingerprint density at radius 3 is 2.68 bits per heavy atom. The molecule has 0 saturated heterocycles. The lowest BCUT2D eigenvalue weighted by molar-refractivity contribution is 0.0916. The molecule has 1 heterocycles. The maximum absolute atomic E-state index is 12.1. The fourth-order valence-corrected chi connectivity index (χ4v) is 2.74. The van der Waals surface area contributed by atoms with Crippen molar-refractivity contribution in [3.8, 4) is 11.3 Å². The minimum atomic E-state index is -0.436. The Morgan fingerprint density at radius 2 is 1.96 bits per heavy atom. The van der Waals surface area contributed by atoms with Crippen molar-refractivity contribution in [2.45, 2.75) is 26.2 Å². The van der Waals surface area contributed by atoms with E-state index in [0.717, 1.165) is 25.8 Å². The van der Waals surface area contributed by atoms with Gasteiger partial charge in [0.25, 0.3) is 0 Å². The summed E-state index contributed by atoms with van der Waals surface area (Å²) in [5, 5.41) is 4.35. The second-order valence-electron chi connectivity index (χ2n) is 5.33. The van der Waals surface area contributed by atoms with Crippen molar-refractivity contribution in [3.05, 3.63) is 46.1 Å². The smallest absolute Gasteiger partial charge is 0.305 e. The van der Waals surface area contributed by atoms with Crippen LogP contribution in [0.2, 0.25) is 10.0 Å². The molecule has 25 heavy (non-hydrogen) atoms. The Labute approximate surface area is 162 Å². The molecule has 0 saturated carbocycles. The van der Waals surface area contributed by atoms with E-state index in [-0.39, 0.29) is 5.76 Å². The van der Waals surface area contributed by atoms with E-state index in [4.69, 9.17) is 39.8 Å². The number of hydrazine groups is 1. The third-order valence-corrected chi connectivity index (χ3v) is 4.18. The molecular formula is C17H19Cl2N3O2S. The van der Waals surface area contributed by atoms with Gasteiger partial charge in [-0.2, -0.15) is 0 Å². The van der Waals surface area contributed by atoms with Crippen LogP contribution in [0, 0.1) is 0 Å². The first-order valence-electron chi connectivity index (χ1n) is 7.90. The number of thiocarbonyl (C=S) groups is 1. The molecule has 0 aliphatic carbocycles. The van der Waals surface area contributed by atoms with Gasteiger partial charge >= 0.3 is 5.91 Å². The van der Waals surface area contributed by atoms with Crippen molar-refractivity contribution in [2.24, 2.45) is 0 Å². The SMILES string of the molecule is CCCCCNC(=S)NNC(=O)c1ccc(-c2ccc(Cl)cc2Cl)o1. The monoisotopic (exact) mass is 399 g/mol. The van der Waals surface area contributed by atoms with Crippen molar-refractivity contribution in [2.75, 3.05) is 6.54 Å². The summed E-state index contributed by atoms with van der Waals surface area (Å²) in [6, 6.07) is 8.29. The molecule has 8 heteroatoms. The van der Waals surface area contributed by atoms with Crippen LogP contribution in [0.5, 0.6) is 0 Å². The van der Waals surface area contributed by atoms with Gasteiger partial charge < -0.3 is 9.73 Å². The molecule has 0 aliphatic heterocycles. The molecule has 2 rings (SSSR count). The summed E-state index contributed by atoms with van der Waals surface area (Å²) in [6.45, 7) is 2.89. The third kappa shape index (κ3) is 5.92. The van der Waals surface area contributed by atoms with Crippen molar-refractivity contribution < 1.29 is 9.21 Å². The highest BCUT2D eigenvalue weighted by atomic mass is 35.5. The Hall–Kier alpha value is -1.76. The first-order valence-corrected chi connectivity index (χ1v) is 9.07. The Morgan fingerprint density at radius 1 is 1.16 bits per heavy atom. The highest BCUT2D eigenvalue weighted by Gasteiger charge is 2.14. The fraction of sp³-hybridized carbons (Fsp3) is 0.294. The molecule has 3 N–H and O–H groups in total. The number of carbonyl (C=O) groups is 1. The van der Waals surface area contributed by atoms with E-state index in [2.05, 4.69) is 23.1 Å². The summed E-state index contributed by atoms with van der Waals surface area (Å²) in [6.07, 6.45) is 3.29. The van der Waals surface area contributed by atoms with Crippen LogP contribution in [0.4, 0.5) is 0 Å². The second kappa shape index (κ2) is 9.65. The number of unbranched alkanes of at least 4 members (excludes halogenated alkanes) is 2. The molecule has 0 aliphatic rings. The van der Waals surface area contributed by atoms with E-state index in [9.17, 15) is 4.79 Å². The Kier molecular flexibility index (Phi) is 7.55. The number of carbonyl (C=O) groups excluding carboxylic acids is 1. The molecule has 0 bridgehead atoms. The van der Waals surface area contributed by atoms with Gasteiger partial charge in [0.15, 0.2) is 10.9 Å². The molecule has 2 aromatic rings. The van der Waals surface area contributed by atoms with Gasteiger partial charge in [-0.05, 0) is 49.0 Å². The van der Waals surface area contributed by atoms with Crippen molar-refractivity contribution >= 4 is 46.4 Å². The second-order valence-corrected chi connectivity index (χ2v) is 6.58. The summed E-state index contributed by atoms with van der Waals surface area (Å²) in [7, 11) is 0. The molecule has 0 radical (unpaired) electrons. The van der Waals surface area contributed by atoms with E-state index in [1.807, 2.05) is 0 Å². The Bertz CT molecular complexity index is 749. The van der Waals surface area contributed by atoms with E-state index in [1.54, 1.807) is 30.3 Å². The number of benzene rings is 1. The van der Waals surface area contributed by atoms with Crippen LogP contribution in [0.3, 0.4) is 0 Å². The van der Waals surface area contributed by atoms with Crippen LogP contribution in [-0.4, -0.2) is 17.6 Å². The third-order valence-electron chi connectivity index (χ3n) is 3.38. The summed E-state index contributed by atoms with van der Waals surface area (Å²) < 4.78 is 5.55. The van der Waals surface area contributed by atoms with Crippen LogP contribution >= 0.6 is 35.4 Å². The van der Waals surface area contributed by atoms with Gasteiger partial charge in [0.2, 0.25) is 0 Å². The van der Waals surface area contributed by atoms with Crippen LogP contribution in [0.1, 0.15) is 36.7 Å². The zero-order valence-corrected chi connectivity index (χ0v) is 16.0. The maximum Gasteiger partial charge on any atom is 0.305 e. The standard InChI is InChI=1S/C17H19Cl2N3O2S/c1-2-3-4-9-20-17(25)22-21-16(23)15-8-7-14(24-15)12-6-5-11(18)10-13(12)19/h5-8,10H,2-4,9H2,1H3,(H,21,23)(H2,20,22,25). The predicted molar refractivity (Wildman–Crippen MR) is 105 cm³/mol. The van der Waals surface area contributed by atoms with Crippen molar-refractivity contribution in [1.82, 2.24) is 16.2 Å². The maximum atomic E-state index is 12.1. The van der Waals surface area contributed by atoms with Crippen LogP contribution < -0.4 is 16.2 Å². The molecule has 1 amide bonds. The van der Waals surface area contributed by atoms with Crippen molar-refractivity contribution in [1.29, 1.82) is 0 Å². The first-order chi connectivity index (χ1) is 12.0. The highest BCUT2D eigenvalue weighted by Crippen LogP contribution is 2.31. The molecule has 5 nitrogen and oxygen atoms in total. The lowest BCUT2D eigenvalue weighted by atomic mass is 10.2. The minimum Gasteiger partial charge on any atom is -0.451 e. The molecular weight excluding hydrogens is 381 g/mol. The average Bonchev–Trinajstić information content (AvgIpc) is 3.06. The van der Waals surface area contributed by atoms with Crippen molar-refractivity contribution in [3.63, 3.8) is 0 Å². The minimum absolute atomic E-state index is 0.141. The number of furan rings is 1. The average molecular weight is 400 g/mol. The van der Waals surface area contributed by atoms with E-state index < -0.39 is 5.91 Å². The Balaban J connectivity index is 1.89. The van der Waals surface area contributed by atoms with Gasteiger partial charge in [0.05, 0.1) is 5.02 Å². The topological polar surface area (TPSA) is 66.3 Å². The largest absolute Gasteiger partial charge is 0.451 e. The number of amides is 1. The summed E-state index contributed by atoms with van der Waals surface area (Å²) >= 11 is 17.1. The number of rotatable bonds is 6. The zero-order valence-electron chi connectivity index (χ0n) is 13.7. The molecule has 0 unspecified atom stereocenters. The van der Waals surface area contributed by atoms with Gasteiger partial charge in [-0.3, -0.25) is 15.6 Å². The lowest BCUT2D eigenvalue weighted by Crippen LogP contribution is -2.46. The van der Waals surface area contributed by atoms with Gasteiger partial charge in [-0.25, -0.2) is 0 Å². The molecule has 0 atom stereocenters. The number of hydrogen-bond acceptors (Lipinski definition) is 3. The molecule has 134 valence electrons. The van der Waals surface area contributed by atoms with Crippen LogP contribution in [-0.2, 0) is 0 Å². The predicted octanol–water partition coefficient (Wildman–Crippen LogP) is 4.55. The lowest BCUT2D eigenvalue weighted by Gasteiger charge is -2.10. The fourth-order valence-electron chi connectivity index (χ4n) is 2.09. The van der Waals surface area contributed by atoms with Gasteiger partial charge in [-0.15, -0.1) is 0 Å². The summed E-state index contributed by atoms with van der Waals surface area (Å²) in [5.74, 6) is 0.184. The number of halogens is 2. The first kappa shape index (κ1) is 19.6.